The number of carbonyl (C=O) groups excluding carboxylic acids is 2. The van der Waals surface area contributed by atoms with Crippen molar-refractivity contribution in [3.8, 4) is 11.5 Å². The lowest BCUT2D eigenvalue weighted by atomic mass is 9.77. The molecular weight excluding hydrogens is 550 g/mol. The number of hydrogen-bond donors (Lipinski definition) is 2. The predicted octanol–water partition coefficient (Wildman–Crippen LogP) is 4.95. The summed E-state index contributed by atoms with van der Waals surface area (Å²) in [7, 11) is 0. The number of unbranched alkanes of at least 4 members (excludes halogenated alkanes) is 3. The molecule has 9 heteroatoms. The van der Waals surface area contributed by atoms with Crippen molar-refractivity contribution < 1.29 is 38.7 Å². The molecule has 3 heterocycles. The summed E-state index contributed by atoms with van der Waals surface area (Å²) in [4.78, 5) is 29.4. The molecule has 1 unspecified atom stereocenters. The molecular formula is C34H49NO8. The van der Waals surface area contributed by atoms with Crippen molar-refractivity contribution in [3.63, 3.8) is 0 Å². The van der Waals surface area contributed by atoms with E-state index in [1.54, 1.807) is 13.8 Å². The summed E-state index contributed by atoms with van der Waals surface area (Å²) in [6.07, 6.45) is 8.51. The van der Waals surface area contributed by atoms with Crippen LogP contribution in [0.3, 0.4) is 0 Å². The van der Waals surface area contributed by atoms with Crippen LogP contribution in [-0.2, 0) is 25.5 Å². The van der Waals surface area contributed by atoms with Gasteiger partial charge in [0, 0.05) is 12.5 Å². The van der Waals surface area contributed by atoms with E-state index in [1.807, 2.05) is 13.0 Å². The lowest BCUT2D eigenvalue weighted by molar-refractivity contribution is -0.178. The molecule has 9 nitrogen and oxygen atoms in total. The SMILES string of the molecule is CCCCCCOC(=O)C[C@](O)(CCCC(C)(C)O)C(=O)OC1C(C)=C[C@@]23CCCN2CCc2cc4c(cc2[C@H]13)OCO4. The molecule has 2 N–H and O–H groups in total. The predicted molar refractivity (Wildman–Crippen MR) is 161 cm³/mol. The van der Waals surface area contributed by atoms with E-state index >= 15 is 0 Å². The number of benzene rings is 1. The first kappa shape index (κ1) is 31.8. The number of aliphatic hydroxyl groups is 2. The van der Waals surface area contributed by atoms with Gasteiger partial charge in [-0.1, -0.05) is 32.3 Å². The second-order valence-corrected chi connectivity index (χ2v) is 13.6. The lowest BCUT2D eigenvalue weighted by Gasteiger charge is -2.40. The van der Waals surface area contributed by atoms with Gasteiger partial charge < -0.3 is 29.2 Å². The molecule has 0 bridgehead atoms. The molecule has 4 aliphatic rings. The highest BCUT2D eigenvalue weighted by Crippen LogP contribution is 2.55. The van der Waals surface area contributed by atoms with Crippen molar-refractivity contribution in [2.75, 3.05) is 26.5 Å². The first-order valence-corrected chi connectivity index (χ1v) is 16.1. The van der Waals surface area contributed by atoms with E-state index in [0.717, 1.165) is 80.5 Å². The Hall–Kier alpha value is -2.62. The van der Waals surface area contributed by atoms with Crippen LogP contribution in [-0.4, -0.2) is 76.4 Å². The minimum Gasteiger partial charge on any atom is -0.466 e. The zero-order valence-corrected chi connectivity index (χ0v) is 26.3. The minimum absolute atomic E-state index is 0.0204. The van der Waals surface area contributed by atoms with Crippen molar-refractivity contribution in [2.45, 2.75) is 127 Å². The van der Waals surface area contributed by atoms with Crippen LogP contribution in [0.5, 0.6) is 11.5 Å². The Balaban J connectivity index is 1.40. The second kappa shape index (κ2) is 12.8. The Morgan fingerprint density at radius 1 is 1.07 bits per heavy atom. The summed E-state index contributed by atoms with van der Waals surface area (Å²) in [5, 5.41) is 22.0. The van der Waals surface area contributed by atoms with Crippen LogP contribution in [0.15, 0.2) is 23.8 Å². The van der Waals surface area contributed by atoms with E-state index in [4.69, 9.17) is 18.9 Å². The second-order valence-electron chi connectivity index (χ2n) is 13.6. The van der Waals surface area contributed by atoms with Crippen molar-refractivity contribution in [1.82, 2.24) is 4.90 Å². The molecule has 3 aliphatic heterocycles. The monoisotopic (exact) mass is 599 g/mol. The highest BCUT2D eigenvalue weighted by Gasteiger charge is 2.57. The van der Waals surface area contributed by atoms with Gasteiger partial charge in [0.25, 0.3) is 0 Å². The smallest absolute Gasteiger partial charge is 0.339 e. The molecule has 0 aromatic heterocycles. The van der Waals surface area contributed by atoms with E-state index in [9.17, 15) is 19.8 Å². The van der Waals surface area contributed by atoms with Crippen LogP contribution in [0.25, 0.3) is 0 Å². The van der Waals surface area contributed by atoms with E-state index in [-0.39, 0.29) is 31.3 Å². The Morgan fingerprint density at radius 2 is 1.84 bits per heavy atom. The van der Waals surface area contributed by atoms with Gasteiger partial charge in [-0.15, -0.1) is 0 Å². The zero-order chi connectivity index (χ0) is 30.8. The molecule has 1 fully saturated rings. The number of carbonyl (C=O) groups is 2. The fraction of sp³-hybridized carbons (Fsp3) is 0.706. The van der Waals surface area contributed by atoms with Crippen molar-refractivity contribution >= 4 is 11.9 Å². The van der Waals surface area contributed by atoms with Crippen LogP contribution in [0, 0.1) is 0 Å². The van der Waals surface area contributed by atoms with Gasteiger partial charge >= 0.3 is 11.9 Å². The highest BCUT2D eigenvalue weighted by molar-refractivity contribution is 5.86. The number of fused-ring (bicyclic) bond motifs is 3. The fourth-order valence-electron chi connectivity index (χ4n) is 7.51. The van der Waals surface area contributed by atoms with Gasteiger partial charge in [0.05, 0.1) is 24.2 Å². The highest BCUT2D eigenvalue weighted by atomic mass is 16.7. The Kier molecular flexibility index (Phi) is 9.45. The normalized spacial score (nSPS) is 25.7. The van der Waals surface area contributed by atoms with Gasteiger partial charge in [-0.25, -0.2) is 4.79 Å². The molecule has 1 aliphatic carbocycles. The maximum absolute atomic E-state index is 14.0. The standard InChI is InChI=1S/C34H49NO8/c1-5-6-7-8-17-40-28(36)21-34(39,14-9-12-32(3,4)38)31(37)43-30-23(2)20-33-13-10-15-35(33)16-11-24-18-26-27(42-22-41-26)19-25(24)29(30)33/h18-20,29-30,38-39H,5-17,21-22H2,1-4H3/t29-,30?,33-,34-/m1/s1. The molecule has 1 saturated heterocycles. The Morgan fingerprint density at radius 3 is 2.58 bits per heavy atom. The summed E-state index contributed by atoms with van der Waals surface area (Å²) in [6, 6.07) is 4.11. The topological polar surface area (TPSA) is 115 Å². The number of hydrogen-bond acceptors (Lipinski definition) is 9. The summed E-state index contributed by atoms with van der Waals surface area (Å²) >= 11 is 0. The summed E-state index contributed by atoms with van der Waals surface area (Å²) in [5.74, 6) is -0.196. The summed E-state index contributed by atoms with van der Waals surface area (Å²) in [5.41, 5.74) is -0.169. The number of ether oxygens (including phenoxy) is 4. The molecule has 43 heavy (non-hydrogen) atoms. The largest absolute Gasteiger partial charge is 0.466 e. The van der Waals surface area contributed by atoms with Crippen LogP contribution >= 0.6 is 0 Å². The number of rotatable bonds is 13. The minimum atomic E-state index is -2.07. The molecule has 238 valence electrons. The Labute approximate surface area is 255 Å². The third-order valence-electron chi connectivity index (χ3n) is 9.67. The maximum Gasteiger partial charge on any atom is 0.339 e. The average molecular weight is 600 g/mol. The fourth-order valence-corrected chi connectivity index (χ4v) is 7.51. The molecule has 1 aromatic rings. The quantitative estimate of drug-likeness (QED) is 0.185. The van der Waals surface area contributed by atoms with Crippen molar-refractivity contribution in [3.05, 3.63) is 34.9 Å². The molecule has 0 amide bonds. The third-order valence-corrected chi connectivity index (χ3v) is 9.67. The summed E-state index contributed by atoms with van der Waals surface area (Å²) < 4.78 is 23.2. The third kappa shape index (κ3) is 6.74. The van der Waals surface area contributed by atoms with Crippen LogP contribution in [0.1, 0.15) is 109 Å². The van der Waals surface area contributed by atoms with Crippen LogP contribution in [0.4, 0.5) is 0 Å². The number of nitrogens with zero attached hydrogens (tertiary/aromatic N) is 1. The van der Waals surface area contributed by atoms with Gasteiger partial charge in [0.1, 0.15) is 6.10 Å². The van der Waals surface area contributed by atoms with Gasteiger partial charge in [-0.3, -0.25) is 9.69 Å². The first-order valence-electron chi connectivity index (χ1n) is 16.1. The van der Waals surface area contributed by atoms with E-state index in [0.29, 0.717) is 18.6 Å². The maximum atomic E-state index is 14.0. The van der Waals surface area contributed by atoms with Gasteiger partial charge in [-0.2, -0.15) is 0 Å². The first-order chi connectivity index (χ1) is 20.5. The summed E-state index contributed by atoms with van der Waals surface area (Å²) in [6.45, 7) is 9.76. The van der Waals surface area contributed by atoms with E-state index in [2.05, 4.69) is 24.0 Å². The zero-order valence-electron chi connectivity index (χ0n) is 26.3. The Bertz CT molecular complexity index is 1220. The molecule has 1 aromatic carbocycles. The molecule has 4 atom stereocenters. The van der Waals surface area contributed by atoms with Gasteiger partial charge in [0.15, 0.2) is 17.1 Å². The van der Waals surface area contributed by atoms with E-state index in [1.165, 1.54) is 0 Å². The van der Waals surface area contributed by atoms with Gasteiger partial charge in [0.2, 0.25) is 6.79 Å². The van der Waals surface area contributed by atoms with Crippen LogP contribution in [0.2, 0.25) is 0 Å². The average Bonchev–Trinajstić information content (AvgIpc) is 3.61. The van der Waals surface area contributed by atoms with E-state index < -0.39 is 35.7 Å². The molecule has 0 saturated carbocycles. The van der Waals surface area contributed by atoms with Gasteiger partial charge in [-0.05, 0) is 101 Å². The molecule has 0 radical (unpaired) electrons. The lowest BCUT2D eigenvalue weighted by Crippen LogP contribution is -2.49. The van der Waals surface area contributed by atoms with Crippen molar-refractivity contribution in [1.29, 1.82) is 0 Å². The molecule has 5 rings (SSSR count). The molecule has 1 spiro atoms. The van der Waals surface area contributed by atoms with Crippen molar-refractivity contribution in [2.24, 2.45) is 0 Å². The number of esters is 2. The van der Waals surface area contributed by atoms with Crippen LogP contribution < -0.4 is 9.47 Å².